The summed E-state index contributed by atoms with van der Waals surface area (Å²) >= 11 is 0. The van der Waals surface area contributed by atoms with Gasteiger partial charge in [-0.15, -0.1) is 12.8 Å². The molecule has 7 heteroatoms. The van der Waals surface area contributed by atoms with Gasteiger partial charge >= 0.3 is 0 Å². The minimum absolute atomic E-state index is 0.00983. The molecule has 3 aliphatic rings. The molecule has 1 fully saturated rings. The maximum absolute atomic E-state index is 12.7. The fraction of sp³-hybridized carbons (Fsp3) is 0.593. The number of rotatable bonds is 5. The molecule has 4 rings (SSSR count). The van der Waals surface area contributed by atoms with Crippen molar-refractivity contribution in [2.24, 2.45) is 28.5 Å². The molecule has 4 atom stereocenters. The number of hydrogen-bond donors (Lipinski definition) is 2. The van der Waals surface area contributed by atoms with Crippen LogP contribution in [0.5, 0.6) is 5.75 Å². The van der Waals surface area contributed by atoms with E-state index in [1.807, 2.05) is 65.8 Å². The number of ether oxygens (including phenoxy) is 1. The Hall–Kier alpha value is -3.01. The zero-order chi connectivity index (χ0) is 25.8. The van der Waals surface area contributed by atoms with E-state index in [0.29, 0.717) is 25.5 Å². The third-order valence-electron chi connectivity index (χ3n) is 5.98. The number of benzene rings is 1. The van der Waals surface area contributed by atoms with Gasteiger partial charge in [-0.2, -0.15) is 0 Å². The third-order valence-corrected chi connectivity index (χ3v) is 5.98. The molecule has 2 aliphatic heterocycles. The van der Waals surface area contributed by atoms with E-state index < -0.39 is 0 Å². The third kappa shape index (κ3) is 7.24. The highest BCUT2D eigenvalue weighted by Gasteiger charge is 2.46. The number of carbonyl (C=O) groups excluding carboxylic acids is 2. The van der Waals surface area contributed by atoms with Gasteiger partial charge in [0.1, 0.15) is 5.75 Å². The number of aliphatic imine (C=N–C) groups is 1. The van der Waals surface area contributed by atoms with Crippen LogP contribution in [-0.2, 0) is 9.59 Å². The lowest BCUT2D eigenvalue weighted by Gasteiger charge is -2.30. The Kier molecular flexibility index (Phi) is 12.2. The van der Waals surface area contributed by atoms with Crippen molar-refractivity contribution in [2.75, 3.05) is 13.2 Å². The molecular weight excluding hydrogens is 428 g/mol. The van der Waals surface area contributed by atoms with Gasteiger partial charge in [-0.3, -0.25) is 14.5 Å². The molecule has 188 valence electrons. The van der Waals surface area contributed by atoms with E-state index in [1.54, 1.807) is 4.90 Å². The van der Waals surface area contributed by atoms with Crippen molar-refractivity contribution >= 4 is 17.8 Å². The van der Waals surface area contributed by atoms with Gasteiger partial charge < -0.3 is 15.8 Å². The van der Waals surface area contributed by atoms with E-state index in [2.05, 4.69) is 23.2 Å². The average molecular weight is 471 g/mol. The van der Waals surface area contributed by atoms with Gasteiger partial charge in [0.15, 0.2) is 5.96 Å². The molecule has 0 saturated heterocycles. The van der Waals surface area contributed by atoms with E-state index in [-0.39, 0.29) is 41.7 Å². The molecule has 3 N–H and O–H groups in total. The van der Waals surface area contributed by atoms with Crippen LogP contribution in [0.4, 0.5) is 0 Å². The molecule has 2 heterocycles. The first kappa shape index (κ1) is 29.0. The second kappa shape index (κ2) is 14.3. The molecule has 1 aliphatic carbocycles. The molecule has 2 unspecified atom stereocenters. The number of nitrogens with two attached hydrogens (primary N) is 1. The second-order valence-corrected chi connectivity index (χ2v) is 8.35. The van der Waals surface area contributed by atoms with Gasteiger partial charge in [0.25, 0.3) is 0 Å². The number of carbonyl (C=O) groups is 2. The van der Waals surface area contributed by atoms with Crippen LogP contribution in [-0.4, -0.2) is 41.9 Å². The summed E-state index contributed by atoms with van der Waals surface area (Å²) < 4.78 is 5.66. The summed E-state index contributed by atoms with van der Waals surface area (Å²) in [6.07, 6.45) is 9.93. The van der Waals surface area contributed by atoms with Crippen molar-refractivity contribution in [3.05, 3.63) is 29.8 Å². The Morgan fingerprint density at radius 1 is 1.24 bits per heavy atom. The molecule has 0 bridgehead atoms. The normalized spacial score (nSPS) is 24.3. The highest BCUT2D eigenvalue weighted by molar-refractivity contribution is 5.98. The van der Waals surface area contributed by atoms with Gasteiger partial charge in [-0.1, -0.05) is 59.7 Å². The van der Waals surface area contributed by atoms with Crippen LogP contribution < -0.4 is 15.8 Å². The van der Waals surface area contributed by atoms with Crippen LogP contribution in [0, 0.1) is 30.6 Å². The van der Waals surface area contributed by atoms with Gasteiger partial charge in [0.2, 0.25) is 11.8 Å². The van der Waals surface area contributed by atoms with E-state index >= 15 is 0 Å². The summed E-state index contributed by atoms with van der Waals surface area (Å²) in [5.74, 6) is 1.55. The van der Waals surface area contributed by atoms with E-state index in [1.165, 1.54) is 0 Å². The van der Waals surface area contributed by atoms with Crippen LogP contribution >= 0.6 is 0 Å². The molecule has 0 aromatic heterocycles. The lowest BCUT2D eigenvalue weighted by molar-refractivity contribution is -0.129. The first-order valence-electron chi connectivity index (χ1n) is 12.4. The highest BCUT2D eigenvalue weighted by Crippen LogP contribution is 2.41. The predicted octanol–water partition coefficient (Wildman–Crippen LogP) is 4.14. The fourth-order valence-electron chi connectivity index (χ4n) is 4.06. The topological polar surface area (TPSA) is 97.0 Å². The number of nitrogens with one attached hydrogen (secondary N) is 1. The van der Waals surface area contributed by atoms with Crippen LogP contribution in [0.25, 0.3) is 0 Å². The summed E-state index contributed by atoms with van der Waals surface area (Å²) in [7, 11) is 0. The smallest absolute Gasteiger partial charge is 0.231 e. The largest absolute Gasteiger partial charge is 0.493 e. The van der Waals surface area contributed by atoms with Crippen molar-refractivity contribution in [3.8, 4) is 18.6 Å². The summed E-state index contributed by atoms with van der Waals surface area (Å²) in [6.45, 7) is 13.2. The Labute approximate surface area is 205 Å². The lowest BCUT2D eigenvalue weighted by Crippen LogP contribution is -2.49. The van der Waals surface area contributed by atoms with Crippen molar-refractivity contribution in [3.63, 3.8) is 0 Å². The Bertz CT molecular complexity index is 849. The van der Waals surface area contributed by atoms with E-state index in [0.717, 1.165) is 24.2 Å². The van der Waals surface area contributed by atoms with Crippen molar-refractivity contribution in [2.45, 2.75) is 72.9 Å². The molecule has 0 spiro atoms. The second-order valence-electron chi connectivity index (χ2n) is 8.35. The minimum atomic E-state index is -0.0709. The van der Waals surface area contributed by atoms with E-state index in [4.69, 9.17) is 10.5 Å². The SMILES string of the molecule is C#C.CC.CC.CC(C)C1CC(=O)N(C[C@H]2CC2C(=O)N[C@H]2CCOc3ccccc32)C(N)=N1. The molecule has 1 aromatic rings. The number of amides is 2. The van der Waals surface area contributed by atoms with Crippen LogP contribution in [0.1, 0.15) is 72.4 Å². The lowest BCUT2D eigenvalue weighted by atomic mass is 9.99. The zero-order valence-electron chi connectivity index (χ0n) is 21.6. The van der Waals surface area contributed by atoms with Gasteiger partial charge in [0.05, 0.1) is 25.1 Å². The quantitative estimate of drug-likeness (QED) is 0.632. The number of fused-ring (bicyclic) bond motifs is 1. The van der Waals surface area contributed by atoms with Crippen molar-refractivity contribution in [1.82, 2.24) is 10.2 Å². The maximum atomic E-state index is 12.7. The average Bonchev–Trinajstić information content (AvgIpc) is 3.65. The Morgan fingerprint density at radius 2 is 1.88 bits per heavy atom. The summed E-state index contributed by atoms with van der Waals surface area (Å²) in [6, 6.07) is 7.76. The summed E-state index contributed by atoms with van der Waals surface area (Å²) in [5.41, 5.74) is 7.07. The van der Waals surface area contributed by atoms with Crippen LogP contribution in [0.2, 0.25) is 0 Å². The monoisotopic (exact) mass is 470 g/mol. The number of nitrogens with zero attached hydrogens (tertiary/aromatic N) is 2. The number of hydrogen-bond acceptors (Lipinski definition) is 5. The number of terminal acetylenes is 1. The number of para-hydroxylation sites is 1. The highest BCUT2D eigenvalue weighted by atomic mass is 16.5. The molecule has 1 aromatic carbocycles. The standard InChI is InChI=1S/C21H28N4O3.2C2H6.C2H2/c1-12(2)17-10-19(26)25(21(22)24-17)11-13-9-15(13)20(27)23-16-7-8-28-18-6-4-3-5-14(16)18;3*1-2/h3-6,12-13,15-17H,7-11H2,1-2H3,(H2,22,24)(H,23,27);2*1-2H3;1-2H/t13-,15?,16+,17?;;;/m1.../s1. The molecule has 0 radical (unpaired) electrons. The Balaban J connectivity index is 0.000000894. The van der Waals surface area contributed by atoms with Gasteiger partial charge in [-0.25, -0.2) is 4.99 Å². The van der Waals surface area contributed by atoms with E-state index in [9.17, 15) is 9.59 Å². The van der Waals surface area contributed by atoms with Crippen molar-refractivity contribution in [1.29, 1.82) is 0 Å². The molecule has 2 amide bonds. The van der Waals surface area contributed by atoms with Gasteiger partial charge in [-0.05, 0) is 24.3 Å². The van der Waals surface area contributed by atoms with Crippen LogP contribution in [0.3, 0.4) is 0 Å². The molecular formula is C27H42N4O3. The minimum Gasteiger partial charge on any atom is -0.493 e. The first-order valence-corrected chi connectivity index (χ1v) is 12.4. The molecule has 1 saturated carbocycles. The molecule has 34 heavy (non-hydrogen) atoms. The predicted molar refractivity (Wildman–Crippen MR) is 138 cm³/mol. The van der Waals surface area contributed by atoms with Gasteiger partial charge in [0, 0.05) is 24.4 Å². The van der Waals surface area contributed by atoms with Crippen LogP contribution in [0.15, 0.2) is 29.3 Å². The number of guanidine groups is 1. The fourth-order valence-corrected chi connectivity index (χ4v) is 4.06. The Morgan fingerprint density at radius 3 is 2.50 bits per heavy atom. The summed E-state index contributed by atoms with van der Waals surface area (Å²) in [4.78, 5) is 31.2. The zero-order valence-corrected chi connectivity index (χ0v) is 21.6. The molecule has 7 nitrogen and oxygen atoms in total. The van der Waals surface area contributed by atoms with Crippen molar-refractivity contribution < 1.29 is 14.3 Å². The first-order chi connectivity index (χ1) is 16.4. The maximum Gasteiger partial charge on any atom is 0.231 e. The summed E-state index contributed by atoms with van der Waals surface area (Å²) in [5, 5.41) is 3.16.